The van der Waals surface area contributed by atoms with E-state index in [0.717, 1.165) is 6.07 Å². The molecule has 1 rings (SSSR count). The summed E-state index contributed by atoms with van der Waals surface area (Å²) in [5, 5.41) is 4.91. The lowest BCUT2D eigenvalue weighted by molar-refractivity contribution is -0.136. The molecule has 0 aromatic heterocycles. The number of para-hydroxylation sites is 1. The SMILES string of the molecule is CCC(CC)(CN)NC(=O)Nc1ccccc1C(F)(F)F. The van der Waals surface area contributed by atoms with Crippen LogP contribution >= 0.6 is 0 Å². The number of amides is 2. The molecule has 0 aliphatic rings. The lowest BCUT2D eigenvalue weighted by Crippen LogP contribution is -2.54. The number of halogens is 3. The first-order valence-electron chi connectivity index (χ1n) is 6.73. The van der Waals surface area contributed by atoms with Gasteiger partial charge in [-0.25, -0.2) is 4.79 Å². The van der Waals surface area contributed by atoms with Crippen LogP contribution in [-0.4, -0.2) is 18.1 Å². The maximum Gasteiger partial charge on any atom is 0.418 e. The Bertz CT molecular complexity index is 476. The second-order valence-corrected chi connectivity index (χ2v) is 4.81. The smallest absolute Gasteiger partial charge is 0.331 e. The van der Waals surface area contributed by atoms with Crippen molar-refractivity contribution in [1.82, 2.24) is 5.32 Å². The van der Waals surface area contributed by atoms with Crippen LogP contribution in [0.4, 0.5) is 23.7 Å². The number of carbonyl (C=O) groups is 1. The molecule has 4 nitrogen and oxygen atoms in total. The zero-order valence-electron chi connectivity index (χ0n) is 12.1. The highest BCUT2D eigenvalue weighted by Gasteiger charge is 2.34. The predicted octanol–water partition coefficient (Wildman–Crippen LogP) is 3.34. The van der Waals surface area contributed by atoms with E-state index in [1.54, 1.807) is 0 Å². The standard InChI is InChI=1S/C14H20F3N3O/c1-3-13(4-2,9-18)20-12(21)19-11-8-6-5-7-10(11)14(15,16)17/h5-8H,3-4,9,18H2,1-2H3,(H2,19,20,21). The molecule has 0 aliphatic carbocycles. The maximum atomic E-state index is 12.8. The summed E-state index contributed by atoms with van der Waals surface area (Å²) in [4.78, 5) is 11.9. The molecule has 7 heteroatoms. The van der Waals surface area contributed by atoms with Crippen LogP contribution in [0.5, 0.6) is 0 Å². The molecular weight excluding hydrogens is 283 g/mol. The van der Waals surface area contributed by atoms with Crippen LogP contribution < -0.4 is 16.4 Å². The number of nitrogens with two attached hydrogens (primary N) is 1. The topological polar surface area (TPSA) is 67.1 Å². The number of anilines is 1. The third kappa shape index (κ3) is 4.35. The lowest BCUT2D eigenvalue weighted by atomic mass is 9.93. The van der Waals surface area contributed by atoms with Gasteiger partial charge >= 0.3 is 12.2 Å². The van der Waals surface area contributed by atoms with E-state index >= 15 is 0 Å². The fourth-order valence-electron chi connectivity index (χ4n) is 2.00. The Morgan fingerprint density at radius 1 is 1.19 bits per heavy atom. The fraction of sp³-hybridized carbons (Fsp3) is 0.500. The molecule has 0 saturated carbocycles. The van der Waals surface area contributed by atoms with Gasteiger partial charge in [0.25, 0.3) is 0 Å². The minimum absolute atomic E-state index is 0.217. The van der Waals surface area contributed by atoms with Crippen LogP contribution in [0.3, 0.4) is 0 Å². The van der Waals surface area contributed by atoms with Crippen LogP contribution in [0.2, 0.25) is 0 Å². The average Bonchev–Trinajstić information content (AvgIpc) is 2.44. The number of hydrogen-bond donors (Lipinski definition) is 3. The molecule has 0 spiro atoms. The summed E-state index contributed by atoms with van der Waals surface area (Å²) < 4.78 is 38.5. The van der Waals surface area contributed by atoms with Gasteiger partial charge in [-0.05, 0) is 25.0 Å². The van der Waals surface area contributed by atoms with Gasteiger partial charge in [0.15, 0.2) is 0 Å². The molecule has 0 saturated heterocycles. The van der Waals surface area contributed by atoms with Crippen molar-refractivity contribution in [3.05, 3.63) is 29.8 Å². The molecule has 118 valence electrons. The molecule has 0 fully saturated rings. The predicted molar refractivity (Wildman–Crippen MR) is 76.0 cm³/mol. The van der Waals surface area contributed by atoms with Gasteiger partial charge in [0.05, 0.1) is 16.8 Å². The highest BCUT2D eigenvalue weighted by molar-refractivity contribution is 5.90. The van der Waals surface area contributed by atoms with E-state index in [9.17, 15) is 18.0 Å². The number of carbonyl (C=O) groups excluding carboxylic acids is 1. The minimum Gasteiger partial charge on any atom is -0.331 e. The van der Waals surface area contributed by atoms with Gasteiger partial charge < -0.3 is 16.4 Å². The molecule has 1 aromatic rings. The number of alkyl halides is 3. The molecule has 0 heterocycles. The van der Waals surface area contributed by atoms with Crippen LogP contribution in [0.1, 0.15) is 32.3 Å². The van der Waals surface area contributed by atoms with E-state index in [2.05, 4.69) is 10.6 Å². The van der Waals surface area contributed by atoms with Crippen molar-refractivity contribution in [3.8, 4) is 0 Å². The van der Waals surface area contributed by atoms with Gasteiger partial charge in [0.2, 0.25) is 0 Å². The molecule has 0 atom stereocenters. The summed E-state index contributed by atoms with van der Waals surface area (Å²) in [6.45, 7) is 3.94. The van der Waals surface area contributed by atoms with E-state index in [1.807, 2.05) is 13.8 Å². The van der Waals surface area contributed by atoms with E-state index < -0.39 is 23.3 Å². The molecular formula is C14H20F3N3O. The molecule has 4 N–H and O–H groups in total. The van der Waals surface area contributed by atoms with Crippen LogP contribution in [0.15, 0.2) is 24.3 Å². The van der Waals surface area contributed by atoms with Gasteiger partial charge in [0, 0.05) is 6.54 Å². The molecule has 21 heavy (non-hydrogen) atoms. The first-order chi connectivity index (χ1) is 9.78. The van der Waals surface area contributed by atoms with Crippen molar-refractivity contribution in [2.45, 2.75) is 38.4 Å². The van der Waals surface area contributed by atoms with E-state index in [4.69, 9.17) is 5.73 Å². The summed E-state index contributed by atoms with van der Waals surface area (Å²) in [5.74, 6) is 0. The Labute approximate surface area is 121 Å². The van der Waals surface area contributed by atoms with Crippen LogP contribution in [0, 0.1) is 0 Å². The second kappa shape index (κ2) is 6.80. The van der Waals surface area contributed by atoms with Gasteiger partial charge in [0.1, 0.15) is 0 Å². The Balaban J connectivity index is 2.90. The molecule has 0 unspecified atom stereocenters. The maximum absolute atomic E-state index is 12.8. The van der Waals surface area contributed by atoms with E-state index in [0.29, 0.717) is 12.8 Å². The van der Waals surface area contributed by atoms with Crippen LogP contribution in [0.25, 0.3) is 0 Å². The third-order valence-corrected chi connectivity index (χ3v) is 3.60. The first-order valence-corrected chi connectivity index (χ1v) is 6.73. The Morgan fingerprint density at radius 2 is 1.76 bits per heavy atom. The third-order valence-electron chi connectivity index (χ3n) is 3.60. The largest absolute Gasteiger partial charge is 0.418 e. The van der Waals surface area contributed by atoms with Gasteiger partial charge in [-0.2, -0.15) is 13.2 Å². The second-order valence-electron chi connectivity index (χ2n) is 4.81. The molecule has 0 radical (unpaired) electrons. The molecule has 0 aliphatic heterocycles. The Morgan fingerprint density at radius 3 is 2.24 bits per heavy atom. The number of nitrogens with one attached hydrogen (secondary N) is 2. The fourth-order valence-corrected chi connectivity index (χ4v) is 2.00. The van der Waals surface area contributed by atoms with Crippen molar-refractivity contribution >= 4 is 11.7 Å². The van der Waals surface area contributed by atoms with Crippen molar-refractivity contribution < 1.29 is 18.0 Å². The molecule has 2 amide bonds. The van der Waals surface area contributed by atoms with Crippen molar-refractivity contribution in [2.75, 3.05) is 11.9 Å². The number of benzene rings is 1. The summed E-state index contributed by atoms with van der Waals surface area (Å²) in [6, 6.07) is 4.14. The first kappa shape index (κ1) is 17.3. The van der Waals surface area contributed by atoms with Crippen molar-refractivity contribution in [3.63, 3.8) is 0 Å². The van der Waals surface area contributed by atoms with E-state index in [-0.39, 0.29) is 12.2 Å². The lowest BCUT2D eigenvalue weighted by Gasteiger charge is -2.31. The van der Waals surface area contributed by atoms with Crippen LogP contribution in [-0.2, 0) is 6.18 Å². The van der Waals surface area contributed by atoms with Gasteiger partial charge in [-0.1, -0.05) is 26.0 Å². The van der Waals surface area contributed by atoms with Gasteiger partial charge in [-0.3, -0.25) is 0 Å². The highest BCUT2D eigenvalue weighted by atomic mass is 19.4. The number of rotatable bonds is 5. The average molecular weight is 303 g/mol. The Kier molecular flexibility index (Phi) is 5.60. The monoisotopic (exact) mass is 303 g/mol. The van der Waals surface area contributed by atoms with Gasteiger partial charge in [-0.15, -0.1) is 0 Å². The summed E-state index contributed by atoms with van der Waals surface area (Å²) in [7, 11) is 0. The zero-order chi connectivity index (χ0) is 16.1. The van der Waals surface area contributed by atoms with E-state index in [1.165, 1.54) is 18.2 Å². The summed E-state index contributed by atoms with van der Waals surface area (Å²) in [6.07, 6.45) is -3.34. The summed E-state index contributed by atoms with van der Waals surface area (Å²) in [5.41, 5.74) is 3.87. The molecule has 0 bridgehead atoms. The number of hydrogen-bond acceptors (Lipinski definition) is 2. The van der Waals surface area contributed by atoms with Crippen molar-refractivity contribution in [2.24, 2.45) is 5.73 Å². The quantitative estimate of drug-likeness (QED) is 0.781. The normalized spacial score (nSPS) is 12.1. The summed E-state index contributed by atoms with van der Waals surface area (Å²) >= 11 is 0. The zero-order valence-corrected chi connectivity index (χ0v) is 12.1. The number of urea groups is 1. The molecule has 1 aromatic carbocycles. The van der Waals surface area contributed by atoms with Crippen molar-refractivity contribution in [1.29, 1.82) is 0 Å². The minimum atomic E-state index is -4.52. The highest BCUT2D eigenvalue weighted by Crippen LogP contribution is 2.34. The Hall–Kier alpha value is -1.76.